The van der Waals surface area contributed by atoms with Gasteiger partial charge in [0.1, 0.15) is 17.2 Å². The molecule has 0 aromatic heterocycles. The van der Waals surface area contributed by atoms with Crippen LogP contribution in [0.2, 0.25) is 5.02 Å². The molecule has 0 amide bonds. The van der Waals surface area contributed by atoms with Crippen LogP contribution >= 0.6 is 11.6 Å². The Hall–Kier alpha value is -2.04. The number of carbonyl (C=O) groups excluding carboxylic acids is 1. The third-order valence-corrected chi connectivity index (χ3v) is 3.56. The van der Waals surface area contributed by atoms with Crippen molar-refractivity contribution < 1.29 is 14.3 Å². The predicted octanol–water partition coefficient (Wildman–Crippen LogP) is 4.19. The summed E-state index contributed by atoms with van der Waals surface area (Å²) in [7, 11) is 1.60. The summed E-state index contributed by atoms with van der Waals surface area (Å²) < 4.78 is 10.9. The van der Waals surface area contributed by atoms with E-state index in [2.05, 4.69) is 0 Å². The topological polar surface area (TPSA) is 61.5 Å². The van der Waals surface area contributed by atoms with Crippen LogP contribution in [0.1, 0.15) is 29.3 Å². The number of nitrogens with two attached hydrogens (primary N) is 1. The summed E-state index contributed by atoms with van der Waals surface area (Å²) >= 11 is 6.22. The molecular weight excluding hydrogens is 302 g/mol. The fraction of sp³-hybridized carbons (Fsp3) is 0.235. The van der Waals surface area contributed by atoms with Crippen molar-refractivity contribution in [1.29, 1.82) is 0 Å². The van der Waals surface area contributed by atoms with Gasteiger partial charge >= 0.3 is 0 Å². The first-order valence-corrected chi connectivity index (χ1v) is 7.34. The molecule has 0 spiro atoms. The third kappa shape index (κ3) is 3.59. The standard InChI is InChI=1S/C17H18ClNO3/c1-3-16(20)17-11(10-19)8-14(9-15(17)18)22-13-6-4-12(21-2)5-7-13/h4-9H,3,10,19H2,1-2H3. The van der Waals surface area contributed by atoms with Gasteiger partial charge in [0.25, 0.3) is 0 Å². The zero-order valence-corrected chi connectivity index (χ0v) is 13.3. The molecule has 0 radical (unpaired) electrons. The van der Waals surface area contributed by atoms with E-state index in [1.54, 1.807) is 50.4 Å². The van der Waals surface area contributed by atoms with Gasteiger partial charge in [-0.05, 0) is 35.9 Å². The highest BCUT2D eigenvalue weighted by Crippen LogP contribution is 2.31. The van der Waals surface area contributed by atoms with Gasteiger partial charge in [0.05, 0.1) is 12.1 Å². The van der Waals surface area contributed by atoms with E-state index in [9.17, 15) is 4.79 Å². The van der Waals surface area contributed by atoms with Gasteiger partial charge in [0.2, 0.25) is 0 Å². The molecule has 0 saturated carbocycles. The van der Waals surface area contributed by atoms with Crippen LogP contribution in [-0.4, -0.2) is 12.9 Å². The number of Topliss-reactive ketones (excluding diaryl/α,β-unsaturated/α-hetero) is 1. The highest BCUT2D eigenvalue weighted by molar-refractivity contribution is 6.34. The summed E-state index contributed by atoms with van der Waals surface area (Å²) in [6.45, 7) is 2.02. The Morgan fingerprint density at radius 3 is 2.32 bits per heavy atom. The maximum Gasteiger partial charge on any atom is 0.164 e. The van der Waals surface area contributed by atoms with Crippen molar-refractivity contribution >= 4 is 17.4 Å². The van der Waals surface area contributed by atoms with Gasteiger partial charge in [0, 0.05) is 24.6 Å². The molecule has 4 nitrogen and oxygen atoms in total. The molecule has 2 aromatic carbocycles. The van der Waals surface area contributed by atoms with Crippen molar-refractivity contribution in [2.45, 2.75) is 19.9 Å². The molecule has 0 aliphatic heterocycles. The van der Waals surface area contributed by atoms with E-state index in [1.807, 2.05) is 0 Å². The number of halogens is 1. The van der Waals surface area contributed by atoms with Gasteiger partial charge in [-0.15, -0.1) is 0 Å². The molecule has 116 valence electrons. The second-order valence-corrected chi connectivity index (χ2v) is 5.10. The second-order valence-electron chi connectivity index (χ2n) is 4.70. The summed E-state index contributed by atoms with van der Waals surface area (Å²) in [5.41, 5.74) is 6.89. The largest absolute Gasteiger partial charge is 0.497 e. The number of benzene rings is 2. The average molecular weight is 320 g/mol. The molecule has 0 aliphatic rings. The van der Waals surface area contributed by atoms with Crippen LogP contribution in [-0.2, 0) is 6.54 Å². The van der Waals surface area contributed by atoms with E-state index in [0.29, 0.717) is 34.1 Å². The minimum atomic E-state index is -0.0264. The molecule has 2 rings (SSSR count). The van der Waals surface area contributed by atoms with E-state index < -0.39 is 0 Å². The quantitative estimate of drug-likeness (QED) is 0.811. The van der Waals surface area contributed by atoms with Crippen molar-refractivity contribution in [1.82, 2.24) is 0 Å². The summed E-state index contributed by atoms with van der Waals surface area (Å²) in [4.78, 5) is 12.0. The van der Waals surface area contributed by atoms with Crippen molar-refractivity contribution in [3.05, 3.63) is 52.5 Å². The third-order valence-electron chi connectivity index (χ3n) is 3.26. The van der Waals surface area contributed by atoms with Crippen LogP contribution in [0.15, 0.2) is 36.4 Å². The summed E-state index contributed by atoms with van der Waals surface area (Å²) in [6, 6.07) is 10.6. The number of methoxy groups -OCH3 is 1. The van der Waals surface area contributed by atoms with Crippen molar-refractivity contribution in [3.63, 3.8) is 0 Å². The average Bonchev–Trinajstić information content (AvgIpc) is 2.54. The first-order valence-electron chi connectivity index (χ1n) is 6.96. The molecule has 2 aromatic rings. The van der Waals surface area contributed by atoms with Crippen LogP contribution in [0.25, 0.3) is 0 Å². The first-order chi connectivity index (χ1) is 10.6. The smallest absolute Gasteiger partial charge is 0.164 e. The van der Waals surface area contributed by atoms with Gasteiger partial charge in [-0.1, -0.05) is 18.5 Å². The lowest BCUT2D eigenvalue weighted by Crippen LogP contribution is -2.08. The van der Waals surface area contributed by atoms with E-state index in [-0.39, 0.29) is 12.3 Å². The van der Waals surface area contributed by atoms with Gasteiger partial charge in [-0.3, -0.25) is 4.79 Å². The van der Waals surface area contributed by atoms with Crippen LogP contribution in [0.5, 0.6) is 17.2 Å². The number of hydrogen-bond acceptors (Lipinski definition) is 4. The number of ether oxygens (including phenoxy) is 2. The number of ketones is 1. The van der Waals surface area contributed by atoms with E-state index >= 15 is 0 Å². The molecule has 0 heterocycles. The SMILES string of the molecule is CCC(=O)c1c(Cl)cc(Oc2ccc(OC)cc2)cc1CN. The van der Waals surface area contributed by atoms with Gasteiger partial charge in [0.15, 0.2) is 5.78 Å². The number of carbonyl (C=O) groups is 1. The molecule has 0 unspecified atom stereocenters. The Balaban J connectivity index is 2.31. The minimum absolute atomic E-state index is 0.0264. The molecule has 22 heavy (non-hydrogen) atoms. The zero-order valence-electron chi connectivity index (χ0n) is 12.6. The van der Waals surface area contributed by atoms with Crippen LogP contribution in [0.3, 0.4) is 0 Å². The molecular formula is C17H18ClNO3. The zero-order chi connectivity index (χ0) is 16.1. The number of rotatable bonds is 6. The van der Waals surface area contributed by atoms with Gasteiger partial charge in [-0.25, -0.2) is 0 Å². The monoisotopic (exact) mass is 319 g/mol. The van der Waals surface area contributed by atoms with Gasteiger partial charge in [-0.2, -0.15) is 0 Å². The molecule has 0 saturated heterocycles. The van der Waals surface area contributed by atoms with Crippen molar-refractivity contribution in [3.8, 4) is 17.2 Å². The van der Waals surface area contributed by atoms with E-state index in [1.165, 1.54) is 0 Å². The second kappa shape index (κ2) is 7.29. The maximum atomic E-state index is 12.0. The Kier molecular flexibility index (Phi) is 5.41. The molecule has 0 fully saturated rings. The lowest BCUT2D eigenvalue weighted by atomic mass is 10.0. The Labute approximate surface area is 134 Å². The lowest BCUT2D eigenvalue weighted by molar-refractivity contribution is 0.0987. The van der Waals surface area contributed by atoms with E-state index in [0.717, 1.165) is 5.75 Å². The molecule has 5 heteroatoms. The van der Waals surface area contributed by atoms with Crippen LogP contribution < -0.4 is 15.2 Å². The number of hydrogen-bond donors (Lipinski definition) is 1. The van der Waals surface area contributed by atoms with Crippen molar-refractivity contribution in [2.75, 3.05) is 7.11 Å². The highest BCUT2D eigenvalue weighted by Gasteiger charge is 2.15. The van der Waals surface area contributed by atoms with Crippen LogP contribution in [0, 0.1) is 0 Å². The molecule has 0 aliphatic carbocycles. The van der Waals surface area contributed by atoms with Gasteiger partial charge < -0.3 is 15.2 Å². The minimum Gasteiger partial charge on any atom is -0.497 e. The molecule has 2 N–H and O–H groups in total. The molecule has 0 atom stereocenters. The normalized spacial score (nSPS) is 10.4. The Bertz CT molecular complexity index is 668. The predicted molar refractivity (Wildman–Crippen MR) is 87.0 cm³/mol. The van der Waals surface area contributed by atoms with E-state index in [4.69, 9.17) is 26.8 Å². The lowest BCUT2D eigenvalue weighted by Gasteiger charge is -2.12. The summed E-state index contributed by atoms with van der Waals surface area (Å²) in [5.74, 6) is 1.91. The summed E-state index contributed by atoms with van der Waals surface area (Å²) in [5, 5.41) is 0.360. The Morgan fingerprint density at radius 2 is 1.77 bits per heavy atom. The van der Waals surface area contributed by atoms with Crippen molar-refractivity contribution in [2.24, 2.45) is 5.73 Å². The first kappa shape index (κ1) is 16.3. The Morgan fingerprint density at radius 1 is 1.14 bits per heavy atom. The molecule has 0 bridgehead atoms. The van der Waals surface area contributed by atoms with Crippen LogP contribution in [0.4, 0.5) is 0 Å². The highest BCUT2D eigenvalue weighted by atomic mass is 35.5. The summed E-state index contributed by atoms with van der Waals surface area (Å²) in [6.07, 6.45) is 0.380. The fourth-order valence-electron chi connectivity index (χ4n) is 2.12. The maximum absolute atomic E-state index is 12.0. The fourth-order valence-corrected chi connectivity index (χ4v) is 2.46.